The van der Waals surface area contributed by atoms with Gasteiger partial charge in [0.15, 0.2) is 5.16 Å². The summed E-state index contributed by atoms with van der Waals surface area (Å²) >= 11 is 1.45. The summed E-state index contributed by atoms with van der Waals surface area (Å²) in [6.45, 7) is 0. The Morgan fingerprint density at radius 1 is 1.45 bits per heavy atom. The molecule has 1 saturated carbocycles. The third kappa shape index (κ3) is 3.56. The molecule has 0 saturated heterocycles. The SMILES string of the molecule is Nc1nnc(SCCC(=O)Nc2cccc(F)c2)n1C1CC1. The number of rotatable bonds is 6. The molecule has 0 atom stereocenters. The number of thioether (sulfide) groups is 1. The molecule has 0 spiro atoms. The fourth-order valence-corrected chi connectivity index (χ4v) is 3.04. The molecule has 1 aliphatic rings. The van der Waals surface area contributed by atoms with Gasteiger partial charge in [-0.05, 0) is 31.0 Å². The van der Waals surface area contributed by atoms with Crippen LogP contribution in [-0.4, -0.2) is 26.4 Å². The van der Waals surface area contributed by atoms with Gasteiger partial charge in [-0.25, -0.2) is 4.39 Å². The molecule has 2 aromatic rings. The standard InChI is InChI=1S/C14H16FN5OS/c15-9-2-1-3-10(8-9)17-12(21)6-7-22-14-19-18-13(16)20(14)11-4-5-11/h1-3,8,11H,4-7H2,(H2,16,18)(H,17,21). The van der Waals surface area contributed by atoms with Gasteiger partial charge in [0, 0.05) is 23.9 Å². The van der Waals surface area contributed by atoms with Crippen molar-refractivity contribution in [3.8, 4) is 0 Å². The average Bonchev–Trinajstić information content (AvgIpc) is 3.23. The Bertz CT molecular complexity index is 686. The average molecular weight is 321 g/mol. The van der Waals surface area contributed by atoms with Gasteiger partial charge in [-0.15, -0.1) is 10.2 Å². The van der Waals surface area contributed by atoms with Crippen LogP contribution in [0, 0.1) is 5.82 Å². The van der Waals surface area contributed by atoms with Gasteiger partial charge in [-0.3, -0.25) is 9.36 Å². The quantitative estimate of drug-likeness (QED) is 0.798. The molecular formula is C14H16FN5OS. The number of halogens is 1. The zero-order valence-corrected chi connectivity index (χ0v) is 12.6. The van der Waals surface area contributed by atoms with E-state index in [-0.39, 0.29) is 11.7 Å². The van der Waals surface area contributed by atoms with Crippen molar-refractivity contribution >= 4 is 29.3 Å². The van der Waals surface area contributed by atoms with Crippen LogP contribution < -0.4 is 11.1 Å². The van der Waals surface area contributed by atoms with Gasteiger partial charge in [0.05, 0.1) is 0 Å². The Kier molecular flexibility index (Phi) is 4.28. The normalized spacial score (nSPS) is 14.0. The summed E-state index contributed by atoms with van der Waals surface area (Å²) in [6, 6.07) is 6.23. The molecule has 6 nitrogen and oxygen atoms in total. The van der Waals surface area contributed by atoms with Crippen LogP contribution in [0.1, 0.15) is 25.3 Å². The van der Waals surface area contributed by atoms with E-state index in [1.807, 2.05) is 4.57 Å². The van der Waals surface area contributed by atoms with Crippen molar-refractivity contribution in [3.05, 3.63) is 30.1 Å². The summed E-state index contributed by atoms with van der Waals surface area (Å²) in [5.41, 5.74) is 6.25. The molecule has 1 aliphatic carbocycles. The number of nitrogens with one attached hydrogen (secondary N) is 1. The molecule has 1 aromatic carbocycles. The predicted molar refractivity (Wildman–Crippen MR) is 83.1 cm³/mol. The minimum atomic E-state index is -0.375. The molecule has 0 aliphatic heterocycles. The molecule has 3 N–H and O–H groups in total. The van der Waals surface area contributed by atoms with E-state index in [0.717, 1.165) is 18.0 Å². The fraction of sp³-hybridized carbons (Fsp3) is 0.357. The highest BCUT2D eigenvalue weighted by Crippen LogP contribution is 2.39. The first-order valence-corrected chi connectivity index (χ1v) is 8.00. The second-order valence-corrected chi connectivity index (χ2v) is 6.16. The van der Waals surface area contributed by atoms with Crippen LogP contribution in [0.3, 0.4) is 0 Å². The number of benzene rings is 1. The lowest BCUT2D eigenvalue weighted by atomic mass is 10.3. The highest BCUT2D eigenvalue weighted by Gasteiger charge is 2.28. The number of hydrogen-bond donors (Lipinski definition) is 2. The third-order valence-corrected chi connectivity index (χ3v) is 4.22. The van der Waals surface area contributed by atoms with Crippen molar-refractivity contribution in [2.24, 2.45) is 0 Å². The summed E-state index contributed by atoms with van der Waals surface area (Å²) in [7, 11) is 0. The number of amides is 1. The summed E-state index contributed by atoms with van der Waals surface area (Å²) in [4.78, 5) is 11.8. The first-order chi connectivity index (χ1) is 10.6. The molecule has 0 radical (unpaired) electrons. The zero-order valence-electron chi connectivity index (χ0n) is 11.8. The number of nitrogen functional groups attached to an aromatic ring is 1. The highest BCUT2D eigenvalue weighted by molar-refractivity contribution is 7.99. The van der Waals surface area contributed by atoms with Crippen LogP contribution in [-0.2, 0) is 4.79 Å². The largest absolute Gasteiger partial charge is 0.368 e. The monoisotopic (exact) mass is 321 g/mol. The van der Waals surface area contributed by atoms with Crippen molar-refractivity contribution in [1.29, 1.82) is 0 Å². The minimum Gasteiger partial charge on any atom is -0.368 e. The molecule has 1 heterocycles. The van der Waals surface area contributed by atoms with E-state index in [1.54, 1.807) is 12.1 Å². The van der Waals surface area contributed by atoms with E-state index < -0.39 is 0 Å². The van der Waals surface area contributed by atoms with Crippen molar-refractivity contribution in [2.45, 2.75) is 30.5 Å². The zero-order chi connectivity index (χ0) is 15.5. The number of nitrogens with zero attached hydrogens (tertiary/aromatic N) is 3. The molecule has 22 heavy (non-hydrogen) atoms. The lowest BCUT2D eigenvalue weighted by Gasteiger charge is -2.06. The van der Waals surface area contributed by atoms with E-state index in [0.29, 0.717) is 29.9 Å². The Balaban J connectivity index is 1.50. The molecule has 1 aromatic heterocycles. The Morgan fingerprint density at radius 2 is 2.27 bits per heavy atom. The molecule has 1 amide bonds. The summed E-state index contributed by atoms with van der Waals surface area (Å²) in [6.07, 6.45) is 2.49. The van der Waals surface area contributed by atoms with E-state index in [1.165, 1.54) is 23.9 Å². The second kappa shape index (κ2) is 6.35. The Hall–Kier alpha value is -2.09. The van der Waals surface area contributed by atoms with Crippen LogP contribution in [0.25, 0.3) is 0 Å². The number of hydrogen-bond acceptors (Lipinski definition) is 5. The van der Waals surface area contributed by atoms with Gasteiger partial charge >= 0.3 is 0 Å². The van der Waals surface area contributed by atoms with E-state index in [4.69, 9.17) is 5.73 Å². The summed E-state index contributed by atoms with van der Waals surface area (Å²) < 4.78 is 15.0. The maximum atomic E-state index is 13.0. The van der Waals surface area contributed by atoms with Crippen LogP contribution >= 0.6 is 11.8 Å². The van der Waals surface area contributed by atoms with E-state index >= 15 is 0 Å². The molecule has 0 bridgehead atoms. The molecule has 8 heteroatoms. The smallest absolute Gasteiger partial charge is 0.225 e. The van der Waals surface area contributed by atoms with Crippen LogP contribution in [0.4, 0.5) is 16.0 Å². The third-order valence-electron chi connectivity index (χ3n) is 3.27. The van der Waals surface area contributed by atoms with Crippen molar-refractivity contribution < 1.29 is 9.18 Å². The molecular weight excluding hydrogens is 305 g/mol. The Labute approximate surface area is 131 Å². The molecule has 0 unspecified atom stereocenters. The number of carbonyl (C=O) groups is 1. The maximum absolute atomic E-state index is 13.0. The molecule has 116 valence electrons. The topological polar surface area (TPSA) is 85.8 Å². The van der Waals surface area contributed by atoms with Gasteiger partial charge in [0.25, 0.3) is 0 Å². The fourth-order valence-electron chi connectivity index (χ4n) is 2.09. The first-order valence-electron chi connectivity index (χ1n) is 7.02. The number of nitrogens with two attached hydrogens (primary N) is 1. The van der Waals surface area contributed by atoms with Crippen LogP contribution in [0.5, 0.6) is 0 Å². The number of carbonyl (C=O) groups excluding carboxylic acids is 1. The summed E-state index contributed by atoms with van der Waals surface area (Å²) in [5, 5.41) is 11.3. The number of aromatic nitrogens is 3. The second-order valence-electron chi connectivity index (χ2n) is 5.10. The number of anilines is 2. The van der Waals surface area contributed by atoms with E-state index in [2.05, 4.69) is 15.5 Å². The van der Waals surface area contributed by atoms with Gasteiger partial charge in [-0.2, -0.15) is 0 Å². The van der Waals surface area contributed by atoms with Gasteiger partial charge in [0.1, 0.15) is 5.82 Å². The lowest BCUT2D eigenvalue weighted by Crippen LogP contribution is -2.12. The lowest BCUT2D eigenvalue weighted by molar-refractivity contribution is -0.115. The predicted octanol–water partition coefficient (Wildman–Crippen LogP) is 2.46. The first kappa shape index (κ1) is 14.8. The molecule has 3 rings (SSSR count). The van der Waals surface area contributed by atoms with Crippen LogP contribution in [0.15, 0.2) is 29.4 Å². The highest BCUT2D eigenvalue weighted by atomic mass is 32.2. The van der Waals surface area contributed by atoms with Crippen molar-refractivity contribution in [1.82, 2.24) is 14.8 Å². The van der Waals surface area contributed by atoms with Crippen molar-refractivity contribution in [2.75, 3.05) is 16.8 Å². The Morgan fingerprint density at radius 3 is 3.00 bits per heavy atom. The maximum Gasteiger partial charge on any atom is 0.225 e. The summed E-state index contributed by atoms with van der Waals surface area (Å²) in [5.74, 6) is 0.449. The van der Waals surface area contributed by atoms with Crippen molar-refractivity contribution in [3.63, 3.8) is 0 Å². The van der Waals surface area contributed by atoms with Crippen LogP contribution in [0.2, 0.25) is 0 Å². The van der Waals surface area contributed by atoms with E-state index in [9.17, 15) is 9.18 Å². The minimum absolute atomic E-state index is 0.163. The molecule has 1 fully saturated rings. The van der Waals surface area contributed by atoms with Gasteiger partial charge in [-0.1, -0.05) is 17.8 Å². The van der Waals surface area contributed by atoms with Gasteiger partial charge in [0.2, 0.25) is 11.9 Å². The van der Waals surface area contributed by atoms with Gasteiger partial charge < -0.3 is 11.1 Å².